The largest absolute Gasteiger partial charge is 0.352 e. The number of carbonyl (C=O) groups is 1. The molecule has 0 radical (unpaired) electrons. The number of anilines is 1. The van der Waals surface area contributed by atoms with E-state index in [9.17, 15) is 4.79 Å². The van der Waals surface area contributed by atoms with Crippen LogP contribution in [-0.4, -0.2) is 56.7 Å². The fourth-order valence-corrected chi connectivity index (χ4v) is 5.67. The lowest BCUT2D eigenvalue weighted by atomic mass is 10.1. The molecule has 41 heavy (non-hydrogen) atoms. The van der Waals surface area contributed by atoms with Crippen molar-refractivity contribution in [2.45, 2.75) is 13.3 Å². The highest BCUT2D eigenvalue weighted by Crippen LogP contribution is 2.30. The van der Waals surface area contributed by atoms with Crippen LogP contribution in [0.15, 0.2) is 103 Å². The summed E-state index contributed by atoms with van der Waals surface area (Å²) < 4.78 is 1.92. The van der Waals surface area contributed by atoms with E-state index in [2.05, 4.69) is 29.2 Å². The highest BCUT2D eigenvalue weighted by molar-refractivity contribution is 5.99. The van der Waals surface area contributed by atoms with Gasteiger partial charge in [0.05, 0.1) is 16.8 Å². The van der Waals surface area contributed by atoms with Crippen LogP contribution in [0.3, 0.4) is 0 Å². The van der Waals surface area contributed by atoms with Crippen molar-refractivity contribution in [3.05, 3.63) is 126 Å². The van der Waals surface area contributed by atoms with E-state index >= 15 is 0 Å². The molecule has 0 atom stereocenters. The first-order valence-electron chi connectivity index (χ1n) is 14.0. The number of piperazine rings is 1. The molecule has 1 aliphatic heterocycles. The third-order valence-corrected chi connectivity index (χ3v) is 7.80. The molecule has 1 aliphatic rings. The lowest BCUT2D eigenvalue weighted by Gasteiger charge is -2.36. The molecule has 202 valence electrons. The predicted octanol–water partition coefficient (Wildman–Crippen LogP) is 5.83. The Labute approximate surface area is 238 Å². The Kier molecular flexibility index (Phi) is 6.39. The number of para-hydroxylation sites is 1. The van der Waals surface area contributed by atoms with Gasteiger partial charge in [0.25, 0.3) is 5.91 Å². The predicted molar refractivity (Wildman–Crippen MR) is 163 cm³/mol. The molecule has 2 aromatic heterocycles. The molecule has 6 aromatic rings. The number of hydrogen-bond donors (Lipinski definition) is 0. The first-order chi connectivity index (χ1) is 20.1. The van der Waals surface area contributed by atoms with Gasteiger partial charge in [0, 0.05) is 38.2 Å². The van der Waals surface area contributed by atoms with Gasteiger partial charge in [-0.2, -0.15) is 5.10 Å². The SMILES string of the molecule is Cc1nn(-c2ccccc2)c2nc(Cc3ccccc3)nc(N3CCN(C(=O)c4ccc5ccccc5c4)CC3)c12. The standard InChI is InChI=1S/C34H30N6O/c1-24-31-32(38-18-20-39(21-19-38)34(41)28-17-16-26-12-8-9-13-27(26)23-28)35-30(22-25-10-4-2-5-11-25)36-33(31)40(37-24)29-14-6-3-7-15-29/h2-17,23H,18-22H2,1H3. The summed E-state index contributed by atoms with van der Waals surface area (Å²) in [6, 6.07) is 34.5. The quantitative estimate of drug-likeness (QED) is 0.276. The number of carbonyl (C=O) groups excluding carboxylic acids is 1. The van der Waals surface area contributed by atoms with Crippen LogP contribution in [0.2, 0.25) is 0 Å². The van der Waals surface area contributed by atoms with Crippen molar-refractivity contribution in [1.82, 2.24) is 24.6 Å². The minimum atomic E-state index is 0.0704. The van der Waals surface area contributed by atoms with Crippen LogP contribution >= 0.6 is 0 Å². The van der Waals surface area contributed by atoms with E-state index < -0.39 is 0 Å². The van der Waals surface area contributed by atoms with E-state index in [1.54, 1.807) is 0 Å². The van der Waals surface area contributed by atoms with Crippen LogP contribution in [-0.2, 0) is 6.42 Å². The van der Waals surface area contributed by atoms with E-state index in [0.717, 1.165) is 56.0 Å². The Morgan fingerprint density at radius 3 is 2.20 bits per heavy atom. The normalized spacial score (nSPS) is 13.7. The number of aryl methyl sites for hydroxylation is 1. The topological polar surface area (TPSA) is 67.2 Å². The third-order valence-electron chi connectivity index (χ3n) is 7.80. The highest BCUT2D eigenvalue weighted by Gasteiger charge is 2.27. The second-order valence-electron chi connectivity index (χ2n) is 10.5. The Bertz CT molecular complexity index is 1860. The van der Waals surface area contributed by atoms with Gasteiger partial charge in [-0.15, -0.1) is 0 Å². The zero-order valence-electron chi connectivity index (χ0n) is 22.9. The van der Waals surface area contributed by atoms with Crippen molar-refractivity contribution < 1.29 is 4.79 Å². The van der Waals surface area contributed by atoms with Gasteiger partial charge in [0.2, 0.25) is 0 Å². The number of hydrogen-bond acceptors (Lipinski definition) is 5. The lowest BCUT2D eigenvalue weighted by molar-refractivity contribution is 0.0746. The molecule has 4 aromatic carbocycles. The molecular formula is C34H30N6O. The molecule has 0 spiro atoms. The zero-order chi connectivity index (χ0) is 27.8. The van der Waals surface area contributed by atoms with Crippen molar-refractivity contribution in [2.24, 2.45) is 0 Å². The number of aromatic nitrogens is 4. The van der Waals surface area contributed by atoms with E-state index in [1.807, 2.05) is 95.4 Å². The summed E-state index contributed by atoms with van der Waals surface area (Å²) in [6.07, 6.45) is 0.628. The molecule has 1 amide bonds. The average molecular weight is 539 g/mol. The molecule has 0 saturated carbocycles. The first kappa shape index (κ1) is 25.0. The maximum absolute atomic E-state index is 13.4. The number of fused-ring (bicyclic) bond motifs is 2. The van der Waals surface area contributed by atoms with Crippen LogP contribution in [0.5, 0.6) is 0 Å². The molecule has 0 aliphatic carbocycles. The number of amides is 1. The van der Waals surface area contributed by atoms with Crippen LogP contribution in [0.25, 0.3) is 27.5 Å². The van der Waals surface area contributed by atoms with Gasteiger partial charge in [-0.25, -0.2) is 14.6 Å². The smallest absolute Gasteiger partial charge is 0.253 e. The fraction of sp³-hybridized carbons (Fsp3) is 0.176. The molecule has 0 N–H and O–H groups in total. The van der Waals surface area contributed by atoms with Gasteiger partial charge >= 0.3 is 0 Å². The van der Waals surface area contributed by atoms with Gasteiger partial charge in [-0.1, -0.05) is 78.9 Å². The summed E-state index contributed by atoms with van der Waals surface area (Å²) in [4.78, 5) is 27.8. The summed E-state index contributed by atoms with van der Waals surface area (Å²) >= 11 is 0. The molecule has 7 heteroatoms. The van der Waals surface area contributed by atoms with Gasteiger partial charge in [-0.05, 0) is 47.5 Å². The summed E-state index contributed by atoms with van der Waals surface area (Å²) in [6.45, 7) is 4.64. The van der Waals surface area contributed by atoms with E-state index in [4.69, 9.17) is 15.1 Å². The molecule has 0 bridgehead atoms. The van der Waals surface area contributed by atoms with Crippen molar-refractivity contribution in [2.75, 3.05) is 31.1 Å². The minimum Gasteiger partial charge on any atom is -0.352 e. The zero-order valence-corrected chi connectivity index (χ0v) is 22.9. The third kappa shape index (κ3) is 4.80. The fourth-order valence-electron chi connectivity index (χ4n) is 5.67. The Morgan fingerprint density at radius 2 is 1.44 bits per heavy atom. The Morgan fingerprint density at radius 1 is 0.756 bits per heavy atom. The molecular weight excluding hydrogens is 508 g/mol. The summed E-state index contributed by atoms with van der Waals surface area (Å²) in [7, 11) is 0. The van der Waals surface area contributed by atoms with Crippen LogP contribution in [0.1, 0.15) is 27.4 Å². The van der Waals surface area contributed by atoms with Crippen LogP contribution < -0.4 is 4.90 Å². The Balaban J connectivity index is 1.21. The second kappa shape index (κ2) is 10.5. The molecule has 1 fully saturated rings. The minimum absolute atomic E-state index is 0.0704. The molecule has 1 saturated heterocycles. The van der Waals surface area contributed by atoms with E-state index in [1.165, 1.54) is 0 Å². The average Bonchev–Trinajstić information content (AvgIpc) is 3.37. The van der Waals surface area contributed by atoms with Gasteiger partial charge < -0.3 is 9.80 Å². The van der Waals surface area contributed by atoms with Gasteiger partial charge in [0.15, 0.2) is 5.65 Å². The van der Waals surface area contributed by atoms with E-state index in [-0.39, 0.29) is 5.91 Å². The van der Waals surface area contributed by atoms with Gasteiger partial charge in [0.1, 0.15) is 11.6 Å². The monoisotopic (exact) mass is 538 g/mol. The molecule has 7 nitrogen and oxygen atoms in total. The summed E-state index contributed by atoms with van der Waals surface area (Å²) in [5, 5.41) is 8.07. The first-order valence-corrected chi connectivity index (χ1v) is 14.0. The maximum Gasteiger partial charge on any atom is 0.253 e. The van der Waals surface area contributed by atoms with E-state index in [0.29, 0.717) is 32.6 Å². The number of benzene rings is 4. The lowest BCUT2D eigenvalue weighted by Crippen LogP contribution is -2.49. The van der Waals surface area contributed by atoms with Crippen molar-refractivity contribution >= 4 is 33.5 Å². The summed E-state index contributed by atoms with van der Waals surface area (Å²) in [5.41, 5.74) is 4.55. The Hall–Kier alpha value is -5.04. The number of nitrogens with zero attached hydrogens (tertiary/aromatic N) is 6. The van der Waals surface area contributed by atoms with Gasteiger partial charge in [-0.3, -0.25) is 4.79 Å². The molecule has 7 rings (SSSR count). The van der Waals surface area contributed by atoms with Crippen LogP contribution in [0.4, 0.5) is 5.82 Å². The number of rotatable bonds is 5. The summed E-state index contributed by atoms with van der Waals surface area (Å²) in [5.74, 6) is 1.71. The van der Waals surface area contributed by atoms with Crippen LogP contribution in [0, 0.1) is 6.92 Å². The molecule has 3 heterocycles. The highest BCUT2D eigenvalue weighted by atomic mass is 16.2. The maximum atomic E-state index is 13.4. The van der Waals surface area contributed by atoms with Crippen molar-refractivity contribution in [1.29, 1.82) is 0 Å². The second-order valence-corrected chi connectivity index (χ2v) is 10.5. The molecule has 0 unspecified atom stereocenters. The van der Waals surface area contributed by atoms with Crippen molar-refractivity contribution in [3.63, 3.8) is 0 Å². The van der Waals surface area contributed by atoms with Crippen molar-refractivity contribution in [3.8, 4) is 5.69 Å².